The topological polar surface area (TPSA) is 68.3 Å². The highest BCUT2D eigenvalue weighted by Crippen LogP contribution is 2.28. The van der Waals surface area contributed by atoms with Crippen LogP contribution in [0.2, 0.25) is 5.02 Å². The van der Waals surface area contributed by atoms with Crippen molar-refractivity contribution in [3.8, 4) is 11.5 Å². The zero-order valence-electron chi connectivity index (χ0n) is 15.4. The highest BCUT2D eigenvalue weighted by molar-refractivity contribution is 6.33. The minimum absolute atomic E-state index is 0.586. The maximum atomic E-state index is 6.20. The molecule has 0 unspecified atom stereocenters. The molecule has 0 radical (unpaired) electrons. The summed E-state index contributed by atoms with van der Waals surface area (Å²) in [5.74, 6) is 3.43. The molecule has 2 aromatic carbocycles. The molecular weight excluding hydrogens is 364 g/mol. The quantitative estimate of drug-likeness (QED) is 0.609. The van der Waals surface area contributed by atoms with Crippen LogP contribution in [0.25, 0.3) is 0 Å². The van der Waals surface area contributed by atoms with E-state index in [0.29, 0.717) is 40.5 Å². The largest absolute Gasteiger partial charge is 0.493 e. The van der Waals surface area contributed by atoms with Gasteiger partial charge < -0.3 is 20.1 Å². The van der Waals surface area contributed by atoms with Gasteiger partial charge in [0.15, 0.2) is 11.5 Å². The zero-order valence-corrected chi connectivity index (χ0v) is 16.2. The standard InChI is InChI=1S/C20H21ClN4O2/c1-13-23-19(11-20(24-13)25-16-7-5-4-6-15(16)21)22-12-14-8-9-17(26-2)18(10-14)27-3/h4-11H,12H2,1-3H3,(H2,22,23,24,25). The Balaban J connectivity index is 1.74. The van der Waals surface area contributed by atoms with Crippen molar-refractivity contribution in [2.75, 3.05) is 24.9 Å². The predicted molar refractivity (Wildman–Crippen MR) is 108 cm³/mol. The molecule has 7 heteroatoms. The zero-order chi connectivity index (χ0) is 19.2. The van der Waals surface area contributed by atoms with Gasteiger partial charge in [-0.3, -0.25) is 0 Å². The van der Waals surface area contributed by atoms with Crippen LogP contribution in [0, 0.1) is 6.92 Å². The summed E-state index contributed by atoms with van der Waals surface area (Å²) in [7, 11) is 3.24. The summed E-state index contributed by atoms with van der Waals surface area (Å²) < 4.78 is 10.6. The Morgan fingerprint density at radius 2 is 1.67 bits per heavy atom. The molecule has 0 bridgehead atoms. The molecule has 0 atom stereocenters. The number of aromatic nitrogens is 2. The van der Waals surface area contributed by atoms with E-state index in [-0.39, 0.29) is 0 Å². The number of benzene rings is 2. The van der Waals surface area contributed by atoms with E-state index in [4.69, 9.17) is 21.1 Å². The van der Waals surface area contributed by atoms with Gasteiger partial charge in [-0.1, -0.05) is 29.8 Å². The second-order valence-corrected chi connectivity index (χ2v) is 6.24. The summed E-state index contributed by atoms with van der Waals surface area (Å²) in [4.78, 5) is 8.86. The first kappa shape index (κ1) is 18.8. The number of hydrogen-bond donors (Lipinski definition) is 2. The highest BCUT2D eigenvalue weighted by Gasteiger charge is 2.07. The van der Waals surface area contributed by atoms with Crippen LogP contribution >= 0.6 is 11.6 Å². The lowest BCUT2D eigenvalue weighted by Crippen LogP contribution is -2.05. The Morgan fingerprint density at radius 1 is 0.926 bits per heavy atom. The molecule has 0 fully saturated rings. The molecule has 0 aliphatic heterocycles. The van der Waals surface area contributed by atoms with Crippen molar-refractivity contribution >= 4 is 28.9 Å². The van der Waals surface area contributed by atoms with Gasteiger partial charge in [0.2, 0.25) is 0 Å². The van der Waals surface area contributed by atoms with Crippen LogP contribution < -0.4 is 20.1 Å². The normalized spacial score (nSPS) is 10.4. The van der Waals surface area contributed by atoms with E-state index in [0.717, 1.165) is 11.3 Å². The van der Waals surface area contributed by atoms with Crippen molar-refractivity contribution in [2.45, 2.75) is 13.5 Å². The number of methoxy groups -OCH3 is 2. The molecule has 140 valence electrons. The molecule has 3 rings (SSSR count). The van der Waals surface area contributed by atoms with E-state index in [1.165, 1.54) is 0 Å². The van der Waals surface area contributed by atoms with Crippen LogP contribution in [0.15, 0.2) is 48.5 Å². The van der Waals surface area contributed by atoms with E-state index in [1.807, 2.05) is 55.5 Å². The third-order valence-corrected chi connectivity index (χ3v) is 4.23. The van der Waals surface area contributed by atoms with Gasteiger partial charge in [-0.05, 0) is 36.8 Å². The molecule has 1 heterocycles. The van der Waals surface area contributed by atoms with E-state index >= 15 is 0 Å². The number of aryl methyl sites for hydroxylation is 1. The minimum Gasteiger partial charge on any atom is -0.493 e. The second-order valence-electron chi connectivity index (χ2n) is 5.83. The van der Waals surface area contributed by atoms with Crippen LogP contribution in [0.3, 0.4) is 0 Å². The van der Waals surface area contributed by atoms with Crippen molar-refractivity contribution in [1.29, 1.82) is 0 Å². The smallest absolute Gasteiger partial charge is 0.161 e. The SMILES string of the molecule is COc1ccc(CNc2cc(Nc3ccccc3Cl)nc(C)n2)cc1OC. The van der Waals surface area contributed by atoms with Crippen LogP contribution in [0.4, 0.5) is 17.3 Å². The Morgan fingerprint density at radius 3 is 2.41 bits per heavy atom. The van der Waals surface area contributed by atoms with Crippen LogP contribution in [0.1, 0.15) is 11.4 Å². The molecule has 0 saturated carbocycles. The number of anilines is 3. The summed E-state index contributed by atoms with van der Waals surface area (Å²) in [6, 6.07) is 15.2. The average Bonchev–Trinajstić information content (AvgIpc) is 2.67. The van der Waals surface area contributed by atoms with Crippen molar-refractivity contribution in [2.24, 2.45) is 0 Å². The van der Waals surface area contributed by atoms with Crippen LogP contribution in [0.5, 0.6) is 11.5 Å². The number of halogens is 1. The monoisotopic (exact) mass is 384 g/mol. The van der Waals surface area contributed by atoms with E-state index in [2.05, 4.69) is 20.6 Å². The molecule has 1 aromatic heterocycles. The number of ether oxygens (including phenoxy) is 2. The molecule has 2 N–H and O–H groups in total. The fourth-order valence-corrected chi connectivity index (χ4v) is 2.79. The summed E-state index contributed by atoms with van der Waals surface area (Å²) in [6.07, 6.45) is 0. The Bertz CT molecular complexity index is 934. The summed E-state index contributed by atoms with van der Waals surface area (Å²) in [5.41, 5.74) is 1.84. The highest BCUT2D eigenvalue weighted by atomic mass is 35.5. The number of para-hydroxylation sites is 1. The lowest BCUT2D eigenvalue weighted by Gasteiger charge is -2.12. The molecule has 3 aromatic rings. The fourth-order valence-electron chi connectivity index (χ4n) is 2.61. The minimum atomic E-state index is 0.586. The average molecular weight is 385 g/mol. The van der Waals surface area contributed by atoms with E-state index < -0.39 is 0 Å². The third-order valence-electron chi connectivity index (χ3n) is 3.90. The summed E-state index contributed by atoms with van der Waals surface area (Å²) >= 11 is 6.20. The van der Waals surface area contributed by atoms with Crippen molar-refractivity contribution in [1.82, 2.24) is 9.97 Å². The van der Waals surface area contributed by atoms with Crippen molar-refractivity contribution in [3.05, 3.63) is 64.9 Å². The summed E-state index contributed by atoms with van der Waals surface area (Å²) in [6.45, 7) is 2.43. The lowest BCUT2D eigenvalue weighted by atomic mass is 10.2. The molecule has 0 spiro atoms. The maximum absolute atomic E-state index is 6.20. The maximum Gasteiger partial charge on any atom is 0.161 e. The number of nitrogens with zero attached hydrogens (tertiary/aromatic N) is 2. The molecule has 0 amide bonds. The number of nitrogens with one attached hydrogen (secondary N) is 2. The third kappa shape index (κ3) is 4.80. The van der Waals surface area contributed by atoms with Crippen molar-refractivity contribution in [3.63, 3.8) is 0 Å². The molecule has 0 aliphatic carbocycles. The Hall–Kier alpha value is -2.99. The van der Waals surface area contributed by atoms with Crippen LogP contribution in [-0.4, -0.2) is 24.2 Å². The summed E-state index contributed by atoms with van der Waals surface area (Å²) in [5, 5.41) is 7.17. The van der Waals surface area contributed by atoms with Gasteiger partial charge in [0.25, 0.3) is 0 Å². The fraction of sp³-hybridized carbons (Fsp3) is 0.200. The predicted octanol–water partition coefficient (Wildman–Crippen LogP) is 4.81. The molecule has 0 saturated heterocycles. The van der Waals surface area contributed by atoms with E-state index in [1.54, 1.807) is 14.2 Å². The Labute approximate surface area is 163 Å². The molecule has 0 aliphatic rings. The second kappa shape index (κ2) is 8.60. The van der Waals surface area contributed by atoms with Gasteiger partial charge in [0, 0.05) is 12.6 Å². The lowest BCUT2D eigenvalue weighted by molar-refractivity contribution is 0.354. The van der Waals surface area contributed by atoms with Gasteiger partial charge in [-0.2, -0.15) is 0 Å². The van der Waals surface area contributed by atoms with Gasteiger partial charge in [-0.25, -0.2) is 9.97 Å². The van der Waals surface area contributed by atoms with Gasteiger partial charge >= 0.3 is 0 Å². The van der Waals surface area contributed by atoms with Crippen LogP contribution in [-0.2, 0) is 6.54 Å². The first-order chi connectivity index (χ1) is 13.1. The number of hydrogen-bond acceptors (Lipinski definition) is 6. The first-order valence-electron chi connectivity index (χ1n) is 8.41. The van der Waals surface area contributed by atoms with Crippen molar-refractivity contribution < 1.29 is 9.47 Å². The number of rotatable bonds is 7. The molecular formula is C20H21ClN4O2. The van der Waals surface area contributed by atoms with E-state index in [9.17, 15) is 0 Å². The Kier molecular flexibility index (Phi) is 5.98. The molecule has 6 nitrogen and oxygen atoms in total. The first-order valence-corrected chi connectivity index (χ1v) is 8.79. The van der Waals surface area contributed by atoms with Gasteiger partial charge in [0.1, 0.15) is 17.5 Å². The molecule has 27 heavy (non-hydrogen) atoms. The van der Waals surface area contributed by atoms with Gasteiger partial charge in [-0.15, -0.1) is 0 Å². The van der Waals surface area contributed by atoms with Gasteiger partial charge in [0.05, 0.1) is 24.9 Å².